The standard InChI is InChI=1S/C13H13F6NO2/c1-20(7-6-12(14,15)16)11(21)8-9-2-4-10(5-3-9)22-13(17,18)19/h2-5H,6-8H2,1H3. The summed E-state index contributed by atoms with van der Waals surface area (Å²) in [5.74, 6) is -0.997. The van der Waals surface area contributed by atoms with Gasteiger partial charge in [-0.15, -0.1) is 13.2 Å². The maximum Gasteiger partial charge on any atom is 0.573 e. The Balaban J connectivity index is 2.54. The van der Waals surface area contributed by atoms with Gasteiger partial charge in [0.1, 0.15) is 5.75 Å². The second-order valence-corrected chi connectivity index (χ2v) is 4.55. The highest BCUT2D eigenvalue weighted by Crippen LogP contribution is 2.23. The van der Waals surface area contributed by atoms with Crippen LogP contribution in [0.4, 0.5) is 26.3 Å². The lowest BCUT2D eigenvalue weighted by atomic mass is 10.1. The molecule has 0 aliphatic carbocycles. The van der Waals surface area contributed by atoms with Crippen molar-refractivity contribution >= 4 is 5.91 Å². The van der Waals surface area contributed by atoms with Gasteiger partial charge in [0, 0.05) is 13.6 Å². The lowest BCUT2D eigenvalue weighted by Crippen LogP contribution is -2.31. The molecule has 0 atom stereocenters. The van der Waals surface area contributed by atoms with E-state index in [0.29, 0.717) is 5.56 Å². The summed E-state index contributed by atoms with van der Waals surface area (Å²) in [6.45, 7) is -0.475. The number of halogens is 6. The van der Waals surface area contributed by atoms with Gasteiger partial charge in [0.2, 0.25) is 5.91 Å². The average molecular weight is 329 g/mol. The van der Waals surface area contributed by atoms with Crippen molar-refractivity contribution in [3.63, 3.8) is 0 Å². The molecular weight excluding hydrogens is 316 g/mol. The van der Waals surface area contributed by atoms with Crippen LogP contribution < -0.4 is 4.74 Å². The minimum Gasteiger partial charge on any atom is -0.406 e. The van der Waals surface area contributed by atoms with Crippen molar-refractivity contribution in [3.8, 4) is 5.75 Å². The average Bonchev–Trinajstić information content (AvgIpc) is 2.35. The highest BCUT2D eigenvalue weighted by Gasteiger charge is 2.31. The van der Waals surface area contributed by atoms with E-state index in [9.17, 15) is 31.1 Å². The van der Waals surface area contributed by atoms with Crippen molar-refractivity contribution in [2.45, 2.75) is 25.4 Å². The number of hydrogen-bond acceptors (Lipinski definition) is 2. The third-order valence-electron chi connectivity index (χ3n) is 2.67. The van der Waals surface area contributed by atoms with Gasteiger partial charge in [0.25, 0.3) is 0 Å². The molecule has 9 heteroatoms. The zero-order valence-corrected chi connectivity index (χ0v) is 11.5. The number of alkyl halides is 6. The van der Waals surface area contributed by atoms with Gasteiger partial charge >= 0.3 is 12.5 Å². The molecule has 0 bridgehead atoms. The molecule has 1 aromatic carbocycles. The molecule has 1 rings (SSSR count). The smallest absolute Gasteiger partial charge is 0.406 e. The third-order valence-corrected chi connectivity index (χ3v) is 2.67. The number of benzene rings is 1. The van der Waals surface area contributed by atoms with Crippen LogP contribution in [0.5, 0.6) is 5.75 Å². The quantitative estimate of drug-likeness (QED) is 0.774. The molecule has 0 saturated heterocycles. The van der Waals surface area contributed by atoms with Crippen LogP contribution in [-0.4, -0.2) is 36.9 Å². The molecule has 0 fully saturated rings. The fourth-order valence-electron chi connectivity index (χ4n) is 1.54. The predicted molar refractivity (Wildman–Crippen MR) is 65.1 cm³/mol. The number of rotatable bonds is 5. The summed E-state index contributed by atoms with van der Waals surface area (Å²) >= 11 is 0. The molecule has 0 heterocycles. The Labute approximate surface area is 122 Å². The SMILES string of the molecule is CN(CCC(F)(F)F)C(=O)Cc1ccc(OC(F)(F)F)cc1. The van der Waals surface area contributed by atoms with E-state index < -0.39 is 37.2 Å². The van der Waals surface area contributed by atoms with Crippen molar-refractivity contribution in [3.05, 3.63) is 29.8 Å². The zero-order chi connectivity index (χ0) is 17.0. The van der Waals surface area contributed by atoms with Crippen molar-refractivity contribution < 1.29 is 35.9 Å². The molecular formula is C13H13F6NO2. The second-order valence-electron chi connectivity index (χ2n) is 4.55. The topological polar surface area (TPSA) is 29.5 Å². The molecule has 1 aromatic rings. The number of ether oxygens (including phenoxy) is 1. The van der Waals surface area contributed by atoms with Crippen molar-refractivity contribution in [2.75, 3.05) is 13.6 Å². The lowest BCUT2D eigenvalue weighted by Gasteiger charge is -2.18. The summed E-state index contributed by atoms with van der Waals surface area (Å²) < 4.78 is 75.7. The summed E-state index contributed by atoms with van der Waals surface area (Å²) in [6, 6.07) is 4.56. The Morgan fingerprint density at radius 1 is 1.09 bits per heavy atom. The van der Waals surface area contributed by atoms with Crippen molar-refractivity contribution in [1.29, 1.82) is 0 Å². The third kappa shape index (κ3) is 7.19. The highest BCUT2D eigenvalue weighted by atomic mass is 19.4. The van der Waals surface area contributed by atoms with Crippen LogP contribution in [-0.2, 0) is 11.2 Å². The Hall–Kier alpha value is -1.93. The van der Waals surface area contributed by atoms with Crippen LogP contribution >= 0.6 is 0 Å². The number of carbonyl (C=O) groups is 1. The lowest BCUT2D eigenvalue weighted by molar-refractivity contribution is -0.274. The molecule has 0 spiro atoms. The Kier molecular flexibility index (Phi) is 5.67. The summed E-state index contributed by atoms with van der Waals surface area (Å²) in [5.41, 5.74) is 0.374. The first-order chi connectivity index (χ1) is 9.96. The molecule has 0 aliphatic heterocycles. The van der Waals surface area contributed by atoms with Crippen molar-refractivity contribution in [2.24, 2.45) is 0 Å². The maximum absolute atomic E-state index is 12.0. The Morgan fingerprint density at radius 3 is 2.09 bits per heavy atom. The Morgan fingerprint density at radius 2 is 1.64 bits per heavy atom. The van der Waals surface area contributed by atoms with Gasteiger partial charge in [-0.05, 0) is 17.7 Å². The van der Waals surface area contributed by atoms with E-state index in [0.717, 1.165) is 17.0 Å². The van der Waals surface area contributed by atoms with Gasteiger partial charge < -0.3 is 9.64 Å². The monoisotopic (exact) mass is 329 g/mol. The molecule has 1 amide bonds. The van der Waals surface area contributed by atoms with Gasteiger partial charge in [0.15, 0.2) is 0 Å². The van der Waals surface area contributed by atoms with E-state index in [1.165, 1.54) is 19.2 Å². The fourth-order valence-corrected chi connectivity index (χ4v) is 1.54. The maximum atomic E-state index is 12.0. The van der Waals surface area contributed by atoms with E-state index in [-0.39, 0.29) is 6.42 Å². The zero-order valence-electron chi connectivity index (χ0n) is 11.5. The molecule has 0 radical (unpaired) electrons. The number of likely N-dealkylation sites (N-methyl/N-ethyl adjacent to an activating group) is 1. The van der Waals surface area contributed by atoms with Gasteiger partial charge in [-0.2, -0.15) is 13.2 Å². The summed E-state index contributed by atoms with van der Waals surface area (Å²) in [4.78, 5) is 12.6. The molecule has 0 unspecified atom stereocenters. The van der Waals surface area contributed by atoms with E-state index in [2.05, 4.69) is 4.74 Å². The minimum absolute atomic E-state index is 0.208. The highest BCUT2D eigenvalue weighted by molar-refractivity contribution is 5.78. The largest absolute Gasteiger partial charge is 0.573 e. The van der Waals surface area contributed by atoms with Gasteiger partial charge in [0.05, 0.1) is 12.8 Å². The predicted octanol–water partition coefficient (Wildman–Crippen LogP) is 3.54. The number of hydrogen-bond donors (Lipinski definition) is 0. The first-order valence-electron chi connectivity index (χ1n) is 6.12. The molecule has 0 saturated carbocycles. The fraction of sp³-hybridized carbons (Fsp3) is 0.462. The van der Waals surface area contributed by atoms with Crippen LogP contribution in [0.15, 0.2) is 24.3 Å². The number of nitrogens with zero attached hydrogens (tertiary/aromatic N) is 1. The van der Waals surface area contributed by atoms with Crippen LogP contribution in [0.1, 0.15) is 12.0 Å². The van der Waals surface area contributed by atoms with Crippen LogP contribution in [0, 0.1) is 0 Å². The first-order valence-corrected chi connectivity index (χ1v) is 6.12. The van der Waals surface area contributed by atoms with Gasteiger partial charge in [-0.25, -0.2) is 0 Å². The molecule has 22 heavy (non-hydrogen) atoms. The second kappa shape index (κ2) is 6.89. The van der Waals surface area contributed by atoms with E-state index in [1.807, 2.05) is 0 Å². The molecule has 0 aliphatic rings. The van der Waals surface area contributed by atoms with Crippen LogP contribution in [0.3, 0.4) is 0 Å². The molecule has 0 aromatic heterocycles. The minimum atomic E-state index is -4.81. The Bertz CT molecular complexity index is 495. The van der Waals surface area contributed by atoms with Crippen molar-refractivity contribution in [1.82, 2.24) is 4.90 Å². The number of carbonyl (C=O) groups excluding carboxylic acids is 1. The van der Waals surface area contributed by atoms with E-state index in [1.54, 1.807) is 0 Å². The normalized spacial score (nSPS) is 12.1. The summed E-state index contributed by atoms with van der Waals surface area (Å²) in [6.07, 6.45) is -10.5. The summed E-state index contributed by atoms with van der Waals surface area (Å²) in [7, 11) is 1.23. The molecule has 0 N–H and O–H groups in total. The van der Waals surface area contributed by atoms with E-state index in [4.69, 9.17) is 0 Å². The van der Waals surface area contributed by atoms with Gasteiger partial charge in [-0.3, -0.25) is 4.79 Å². The number of amides is 1. The van der Waals surface area contributed by atoms with Crippen LogP contribution in [0.2, 0.25) is 0 Å². The summed E-state index contributed by atoms with van der Waals surface area (Å²) in [5, 5.41) is 0. The van der Waals surface area contributed by atoms with Crippen LogP contribution in [0.25, 0.3) is 0 Å². The van der Waals surface area contributed by atoms with E-state index >= 15 is 0 Å². The van der Waals surface area contributed by atoms with Gasteiger partial charge in [-0.1, -0.05) is 12.1 Å². The molecule has 3 nitrogen and oxygen atoms in total. The first kappa shape index (κ1) is 18.1. The molecule has 124 valence electrons.